The van der Waals surface area contributed by atoms with Crippen LogP contribution in [0, 0.1) is 0 Å². The van der Waals surface area contributed by atoms with Crippen LogP contribution in [-0.2, 0) is 32.0 Å². The fraction of sp³-hybridized carbons (Fsp3) is 0.379. The third-order valence-electron chi connectivity index (χ3n) is 8.30. The lowest BCUT2D eigenvalue weighted by Crippen LogP contribution is -2.49. The van der Waals surface area contributed by atoms with Crippen LogP contribution in [0.3, 0.4) is 0 Å². The Bertz CT molecular complexity index is 1020. The maximum absolute atomic E-state index is 5.78. The molecule has 0 bridgehead atoms. The molecule has 0 aromatic heterocycles. The standard InChI is InChI=1S/C29H42O6Si3/c1-29(23-11-17-26(18-12-23)36(8,30-2)31-3,24-13-19-27(20-14-24)37(9,32-4)33-5)25-15-21-28(22-16-25)38(10,34-6)35-7/h11-22H,1-10H3. The van der Waals surface area contributed by atoms with Crippen LogP contribution in [0.2, 0.25) is 19.6 Å². The summed E-state index contributed by atoms with van der Waals surface area (Å²) in [5.41, 5.74) is 3.08. The van der Waals surface area contributed by atoms with Crippen molar-refractivity contribution in [2.45, 2.75) is 32.0 Å². The van der Waals surface area contributed by atoms with E-state index in [-0.39, 0.29) is 0 Å². The van der Waals surface area contributed by atoms with E-state index in [4.69, 9.17) is 26.6 Å². The second-order valence-corrected chi connectivity index (χ2v) is 19.8. The first kappa shape index (κ1) is 30.6. The molecule has 0 aliphatic carbocycles. The minimum atomic E-state index is -2.43. The Morgan fingerprint density at radius 1 is 0.395 bits per heavy atom. The Labute approximate surface area is 231 Å². The van der Waals surface area contributed by atoms with Gasteiger partial charge in [-0.15, -0.1) is 0 Å². The molecule has 206 valence electrons. The third-order valence-corrected chi connectivity index (χ3v) is 17.1. The highest BCUT2D eigenvalue weighted by Gasteiger charge is 2.37. The normalized spacial score (nSPS) is 13.1. The largest absolute Gasteiger partial charge is 0.394 e. The summed E-state index contributed by atoms with van der Waals surface area (Å²) in [6.07, 6.45) is 0. The summed E-state index contributed by atoms with van der Waals surface area (Å²) in [6.45, 7) is 8.43. The number of benzene rings is 3. The van der Waals surface area contributed by atoms with Crippen molar-refractivity contribution in [1.29, 1.82) is 0 Å². The SMILES string of the molecule is CO[Si](C)(OC)c1ccc(C(C)(c2ccc([Si](C)(OC)OC)cc2)c2ccc([Si](C)(OC)OC)cc2)cc1. The summed E-state index contributed by atoms with van der Waals surface area (Å²) in [5.74, 6) is 0. The molecule has 9 heteroatoms. The van der Waals surface area contributed by atoms with Gasteiger partial charge in [-0.2, -0.15) is 0 Å². The molecular weight excluding hydrogens is 529 g/mol. The third kappa shape index (κ3) is 5.53. The maximum Gasteiger partial charge on any atom is 0.368 e. The highest BCUT2D eigenvalue weighted by atomic mass is 28.4. The molecule has 0 atom stereocenters. The van der Waals surface area contributed by atoms with E-state index >= 15 is 0 Å². The predicted molar refractivity (Wildman–Crippen MR) is 161 cm³/mol. The van der Waals surface area contributed by atoms with Crippen LogP contribution in [0.1, 0.15) is 23.6 Å². The molecule has 0 fully saturated rings. The van der Waals surface area contributed by atoms with Gasteiger partial charge in [0, 0.05) is 48.1 Å². The van der Waals surface area contributed by atoms with E-state index < -0.39 is 31.1 Å². The summed E-state index contributed by atoms with van der Waals surface area (Å²) < 4.78 is 34.7. The van der Waals surface area contributed by atoms with Gasteiger partial charge in [0.2, 0.25) is 0 Å². The zero-order valence-electron chi connectivity index (χ0n) is 24.4. The molecule has 0 N–H and O–H groups in total. The first-order valence-electron chi connectivity index (χ1n) is 12.6. The smallest absolute Gasteiger partial charge is 0.368 e. The first-order valence-corrected chi connectivity index (χ1v) is 19.6. The average Bonchev–Trinajstić information content (AvgIpc) is 2.99. The van der Waals surface area contributed by atoms with Crippen molar-refractivity contribution in [3.8, 4) is 0 Å². The highest BCUT2D eigenvalue weighted by molar-refractivity contribution is 6.80. The van der Waals surface area contributed by atoms with E-state index in [2.05, 4.69) is 99.4 Å². The van der Waals surface area contributed by atoms with Gasteiger partial charge in [-0.25, -0.2) is 0 Å². The van der Waals surface area contributed by atoms with Crippen LogP contribution < -0.4 is 15.6 Å². The number of hydrogen-bond acceptors (Lipinski definition) is 6. The van der Waals surface area contributed by atoms with Gasteiger partial charge in [-0.3, -0.25) is 0 Å². The summed E-state index contributed by atoms with van der Waals surface area (Å²) in [7, 11) is 2.98. The number of hydrogen-bond donors (Lipinski definition) is 0. The van der Waals surface area contributed by atoms with Crippen LogP contribution in [0.5, 0.6) is 0 Å². The monoisotopic (exact) mass is 570 g/mol. The van der Waals surface area contributed by atoms with Crippen molar-refractivity contribution in [1.82, 2.24) is 0 Å². The van der Waals surface area contributed by atoms with Gasteiger partial charge in [0.1, 0.15) is 0 Å². The average molecular weight is 571 g/mol. The summed E-state index contributed by atoms with van der Waals surface area (Å²) in [5, 5.41) is 3.26. The molecule has 0 aliphatic heterocycles. The van der Waals surface area contributed by atoms with Gasteiger partial charge < -0.3 is 26.6 Å². The Morgan fingerprint density at radius 2 is 0.579 bits per heavy atom. The molecule has 0 aliphatic rings. The lowest BCUT2D eigenvalue weighted by atomic mass is 9.71. The minimum absolute atomic E-state index is 0.427. The molecule has 3 aromatic rings. The van der Waals surface area contributed by atoms with E-state index in [1.165, 1.54) is 16.7 Å². The highest BCUT2D eigenvalue weighted by Crippen LogP contribution is 2.38. The maximum atomic E-state index is 5.78. The van der Waals surface area contributed by atoms with Gasteiger partial charge in [0.15, 0.2) is 0 Å². The molecule has 0 saturated heterocycles. The Morgan fingerprint density at radius 3 is 0.737 bits per heavy atom. The van der Waals surface area contributed by atoms with E-state index in [1.807, 2.05) is 0 Å². The Kier molecular flexibility index (Phi) is 9.72. The van der Waals surface area contributed by atoms with Gasteiger partial charge in [0.25, 0.3) is 0 Å². The van der Waals surface area contributed by atoms with E-state index in [0.29, 0.717) is 0 Å². The van der Waals surface area contributed by atoms with Crippen molar-refractivity contribution in [2.24, 2.45) is 0 Å². The second-order valence-electron chi connectivity index (χ2n) is 9.92. The van der Waals surface area contributed by atoms with Gasteiger partial charge >= 0.3 is 25.7 Å². The molecule has 3 aromatic carbocycles. The molecule has 0 radical (unpaired) electrons. The summed E-state index contributed by atoms with van der Waals surface area (Å²) >= 11 is 0. The summed E-state index contributed by atoms with van der Waals surface area (Å²) in [4.78, 5) is 0. The van der Waals surface area contributed by atoms with Crippen molar-refractivity contribution in [2.75, 3.05) is 42.7 Å². The zero-order chi connectivity index (χ0) is 28.2. The topological polar surface area (TPSA) is 55.4 Å². The molecule has 0 saturated carbocycles. The molecular formula is C29H42O6Si3. The molecule has 0 unspecified atom stereocenters. The fourth-order valence-electron chi connectivity index (χ4n) is 4.78. The lowest BCUT2D eigenvalue weighted by molar-refractivity contribution is 0.265. The van der Waals surface area contributed by atoms with Gasteiger partial charge in [0.05, 0.1) is 0 Å². The van der Waals surface area contributed by atoms with Crippen molar-refractivity contribution in [3.63, 3.8) is 0 Å². The van der Waals surface area contributed by atoms with E-state index in [9.17, 15) is 0 Å². The fourth-order valence-corrected chi connectivity index (χ4v) is 9.01. The minimum Gasteiger partial charge on any atom is -0.394 e. The molecule has 6 nitrogen and oxygen atoms in total. The molecule has 38 heavy (non-hydrogen) atoms. The van der Waals surface area contributed by atoms with Crippen molar-refractivity contribution < 1.29 is 26.6 Å². The number of rotatable bonds is 12. The van der Waals surface area contributed by atoms with E-state index in [1.54, 1.807) is 42.7 Å². The molecule has 0 heterocycles. The molecule has 0 amide bonds. The zero-order valence-corrected chi connectivity index (χ0v) is 27.4. The molecule has 0 spiro atoms. The van der Waals surface area contributed by atoms with Crippen molar-refractivity contribution >= 4 is 41.2 Å². The van der Waals surface area contributed by atoms with Crippen LogP contribution in [0.25, 0.3) is 0 Å². The quantitative estimate of drug-likeness (QED) is 0.244. The van der Waals surface area contributed by atoms with E-state index in [0.717, 1.165) is 15.6 Å². The van der Waals surface area contributed by atoms with Crippen molar-refractivity contribution in [3.05, 3.63) is 89.5 Å². The Balaban J connectivity index is 2.17. The van der Waals surface area contributed by atoms with Gasteiger partial charge in [-0.1, -0.05) is 72.8 Å². The predicted octanol–water partition coefficient (Wildman–Crippen LogP) is 3.76. The van der Waals surface area contributed by atoms with Crippen LogP contribution in [-0.4, -0.2) is 68.3 Å². The first-order chi connectivity index (χ1) is 18.0. The van der Waals surface area contributed by atoms with Crippen LogP contribution in [0.4, 0.5) is 0 Å². The summed E-state index contributed by atoms with van der Waals surface area (Å²) in [6, 6.07) is 25.9. The molecule has 3 rings (SSSR count). The second kappa shape index (κ2) is 12.1. The van der Waals surface area contributed by atoms with Gasteiger partial charge in [-0.05, 0) is 58.8 Å². The lowest BCUT2D eigenvalue weighted by Gasteiger charge is -2.34. The Hall–Kier alpha value is -1.93. The van der Waals surface area contributed by atoms with Crippen LogP contribution >= 0.6 is 0 Å². The van der Waals surface area contributed by atoms with Crippen LogP contribution in [0.15, 0.2) is 72.8 Å².